The number of amidine groups is 1. The number of ether oxygens (including phenoxy) is 1. The molecule has 9 heteroatoms. The van der Waals surface area contributed by atoms with Crippen molar-refractivity contribution in [1.29, 1.82) is 0 Å². The highest BCUT2D eigenvalue weighted by Crippen LogP contribution is 2.39. The lowest BCUT2D eigenvalue weighted by molar-refractivity contribution is -0.120. The summed E-state index contributed by atoms with van der Waals surface area (Å²) in [5, 5.41) is 3.26. The molecule has 1 aromatic rings. The van der Waals surface area contributed by atoms with Gasteiger partial charge in [0.05, 0.1) is 17.0 Å². The summed E-state index contributed by atoms with van der Waals surface area (Å²) in [6.07, 6.45) is 6.02. The van der Waals surface area contributed by atoms with Crippen molar-refractivity contribution in [1.82, 2.24) is 10.2 Å². The monoisotopic (exact) mass is 423 g/mol. The molecule has 31 heavy (non-hydrogen) atoms. The van der Waals surface area contributed by atoms with Crippen LogP contribution in [0.3, 0.4) is 0 Å². The number of rotatable bonds is 6. The van der Waals surface area contributed by atoms with E-state index in [9.17, 15) is 14.0 Å². The largest absolute Gasteiger partial charge is 0.495 e. The van der Waals surface area contributed by atoms with Crippen molar-refractivity contribution in [2.24, 2.45) is 22.4 Å². The maximum absolute atomic E-state index is 14.0. The first-order chi connectivity index (χ1) is 14.9. The molecule has 5 N–H and O–H groups in total. The van der Waals surface area contributed by atoms with Crippen molar-refractivity contribution in [2.45, 2.75) is 25.3 Å². The Morgan fingerprint density at radius 3 is 2.81 bits per heavy atom. The molecular formula is C22H22FN5O3. The van der Waals surface area contributed by atoms with E-state index in [0.717, 1.165) is 36.1 Å². The second kappa shape index (κ2) is 7.26. The third-order valence-electron chi connectivity index (χ3n) is 6.02. The SMILES string of the molecule is NC(=O)c1cc(C2=NC=C3C(NC(C(N)=O)C4CC4)=COCC4=C3N2CC4)ccc1F. The number of halogens is 1. The molecule has 0 saturated heterocycles. The third-order valence-corrected chi connectivity index (χ3v) is 6.02. The molecule has 3 heterocycles. The first-order valence-electron chi connectivity index (χ1n) is 10.2. The van der Waals surface area contributed by atoms with Gasteiger partial charge in [0, 0.05) is 23.9 Å². The molecule has 0 aromatic heterocycles. The number of nitrogens with two attached hydrogens (primary N) is 2. The van der Waals surface area contributed by atoms with E-state index >= 15 is 0 Å². The summed E-state index contributed by atoms with van der Waals surface area (Å²) in [6, 6.07) is 3.76. The molecular weight excluding hydrogens is 401 g/mol. The predicted octanol–water partition coefficient (Wildman–Crippen LogP) is 1.25. The minimum atomic E-state index is -0.830. The van der Waals surface area contributed by atoms with Crippen molar-refractivity contribution in [3.8, 4) is 0 Å². The van der Waals surface area contributed by atoms with E-state index in [2.05, 4.69) is 10.3 Å². The lowest BCUT2D eigenvalue weighted by atomic mass is 10.0. The Balaban J connectivity index is 1.54. The maximum atomic E-state index is 14.0. The van der Waals surface area contributed by atoms with Gasteiger partial charge in [-0.3, -0.25) is 9.59 Å². The zero-order valence-electron chi connectivity index (χ0n) is 16.7. The fourth-order valence-corrected chi connectivity index (χ4v) is 4.31. The quantitative estimate of drug-likeness (QED) is 0.636. The number of benzene rings is 1. The zero-order chi connectivity index (χ0) is 21.7. The van der Waals surface area contributed by atoms with Gasteiger partial charge in [-0.05, 0) is 49.0 Å². The van der Waals surface area contributed by atoms with E-state index in [0.29, 0.717) is 30.2 Å². The van der Waals surface area contributed by atoms with Crippen LogP contribution in [0.1, 0.15) is 35.2 Å². The van der Waals surface area contributed by atoms with Gasteiger partial charge in [0.2, 0.25) is 5.91 Å². The molecule has 1 saturated carbocycles. The molecule has 2 amide bonds. The van der Waals surface area contributed by atoms with Gasteiger partial charge in [-0.15, -0.1) is 0 Å². The van der Waals surface area contributed by atoms with E-state index in [4.69, 9.17) is 16.2 Å². The Morgan fingerprint density at radius 1 is 1.29 bits per heavy atom. The van der Waals surface area contributed by atoms with Crippen molar-refractivity contribution in [2.75, 3.05) is 13.2 Å². The van der Waals surface area contributed by atoms with Crippen molar-refractivity contribution in [3.63, 3.8) is 0 Å². The fourth-order valence-electron chi connectivity index (χ4n) is 4.31. The van der Waals surface area contributed by atoms with Crippen molar-refractivity contribution < 1.29 is 18.7 Å². The second-order valence-electron chi connectivity index (χ2n) is 8.11. The highest BCUT2D eigenvalue weighted by atomic mass is 19.1. The predicted molar refractivity (Wildman–Crippen MR) is 111 cm³/mol. The summed E-state index contributed by atoms with van der Waals surface area (Å²) >= 11 is 0. The molecule has 8 nitrogen and oxygen atoms in total. The Kier molecular flexibility index (Phi) is 4.53. The number of carbonyl (C=O) groups excluding carboxylic acids is 2. The number of nitrogens with one attached hydrogen (secondary N) is 1. The summed E-state index contributed by atoms with van der Waals surface area (Å²) in [7, 11) is 0. The fraction of sp³-hybridized carbons (Fsp3) is 0.318. The number of hydrogen-bond donors (Lipinski definition) is 3. The summed E-state index contributed by atoms with van der Waals surface area (Å²) in [6.45, 7) is 1.09. The van der Waals surface area contributed by atoms with Crippen LogP contribution in [0.25, 0.3) is 0 Å². The number of amides is 2. The van der Waals surface area contributed by atoms with Gasteiger partial charge < -0.3 is 26.4 Å². The molecule has 5 rings (SSSR count). The number of hydrogen-bond acceptors (Lipinski definition) is 6. The van der Waals surface area contributed by atoms with Crippen LogP contribution in [0.15, 0.2) is 58.2 Å². The van der Waals surface area contributed by atoms with E-state index in [1.165, 1.54) is 12.1 Å². The van der Waals surface area contributed by atoms with Crippen LogP contribution in [0, 0.1) is 11.7 Å². The average Bonchev–Trinajstić information content (AvgIpc) is 3.51. The van der Waals surface area contributed by atoms with Gasteiger partial charge in [-0.1, -0.05) is 0 Å². The molecule has 1 fully saturated rings. The molecule has 1 aliphatic carbocycles. The topological polar surface area (TPSA) is 123 Å². The van der Waals surface area contributed by atoms with Crippen LogP contribution in [0.5, 0.6) is 0 Å². The molecule has 0 spiro atoms. The van der Waals surface area contributed by atoms with Gasteiger partial charge >= 0.3 is 0 Å². The average molecular weight is 423 g/mol. The number of aliphatic imine (C=N–C) groups is 1. The lowest BCUT2D eigenvalue weighted by Crippen LogP contribution is -2.43. The Bertz CT molecular complexity index is 1120. The van der Waals surface area contributed by atoms with Gasteiger partial charge in [0.1, 0.15) is 30.6 Å². The Morgan fingerprint density at radius 2 is 2.10 bits per heavy atom. The minimum Gasteiger partial charge on any atom is -0.495 e. The van der Waals surface area contributed by atoms with Crippen molar-refractivity contribution in [3.05, 3.63) is 70.1 Å². The number of nitrogens with zero attached hydrogens (tertiary/aromatic N) is 2. The highest BCUT2D eigenvalue weighted by Gasteiger charge is 2.39. The van der Waals surface area contributed by atoms with E-state index in [-0.39, 0.29) is 11.5 Å². The van der Waals surface area contributed by atoms with E-state index in [1.54, 1.807) is 18.5 Å². The second-order valence-corrected chi connectivity index (χ2v) is 8.11. The third kappa shape index (κ3) is 3.35. The van der Waals surface area contributed by atoms with Crippen LogP contribution < -0.4 is 16.8 Å². The maximum Gasteiger partial charge on any atom is 0.251 e. The molecule has 0 radical (unpaired) electrons. The molecule has 4 aliphatic rings. The van der Waals surface area contributed by atoms with Crippen LogP contribution in [-0.4, -0.2) is 41.7 Å². The summed E-state index contributed by atoms with van der Waals surface area (Å²) in [4.78, 5) is 30.2. The molecule has 1 atom stereocenters. The van der Waals surface area contributed by atoms with Crippen molar-refractivity contribution >= 4 is 17.6 Å². The summed E-state index contributed by atoms with van der Waals surface area (Å²) < 4.78 is 19.7. The van der Waals surface area contributed by atoms with Gasteiger partial charge in [-0.25, -0.2) is 9.38 Å². The molecule has 3 aliphatic heterocycles. The summed E-state index contributed by atoms with van der Waals surface area (Å²) in [5.41, 5.74) is 14.9. The normalized spacial score (nSPS) is 20.7. The lowest BCUT2D eigenvalue weighted by Gasteiger charge is -2.30. The highest BCUT2D eigenvalue weighted by molar-refractivity contribution is 6.04. The molecule has 160 valence electrons. The first kappa shape index (κ1) is 19.3. The molecule has 1 aromatic carbocycles. The van der Waals surface area contributed by atoms with Gasteiger partial charge in [0.25, 0.3) is 5.91 Å². The van der Waals surface area contributed by atoms with Gasteiger partial charge in [-0.2, -0.15) is 0 Å². The minimum absolute atomic E-state index is 0.177. The smallest absolute Gasteiger partial charge is 0.251 e. The number of carbonyl (C=O) groups is 2. The van der Waals surface area contributed by atoms with Crippen LogP contribution in [-0.2, 0) is 9.53 Å². The van der Waals surface area contributed by atoms with E-state index < -0.39 is 23.7 Å². The first-order valence-corrected chi connectivity index (χ1v) is 10.2. The zero-order valence-corrected chi connectivity index (χ0v) is 16.7. The Labute approximate surface area is 178 Å². The van der Waals surface area contributed by atoms with E-state index in [1.807, 2.05) is 4.90 Å². The molecule has 0 bridgehead atoms. The van der Waals surface area contributed by atoms with Crippen LogP contribution in [0.4, 0.5) is 4.39 Å². The Hall–Kier alpha value is -3.62. The standard InChI is InChI=1S/C22H22FN5O3/c23-16-4-3-12(7-14(16)20(24)29)22-26-8-15-17(27-18(21(25)30)11-1-2-11)10-31-9-13-5-6-28(22)19(13)15/h3-4,7-8,10-11,18,27H,1-2,5-6,9H2,(H2,24,29)(H2,25,30). The van der Waals surface area contributed by atoms with Gasteiger partial charge in [0.15, 0.2) is 0 Å². The summed E-state index contributed by atoms with van der Waals surface area (Å²) in [5.74, 6) is -1.06. The van der Waals surface area contributed by atoms with Crippen LogP contribution >= 0.6 is 0 Å². The molecule has 1 unspecified atom stereocenters. The van der Waals surface area contributed by atoms with Crippen LogP contribution in [0.2, 0.25) is 0 Å². The number of primary amides is 2.